The van der Waals surface area contributed by atoms with Gasteiger partial charge in [-0.15, -0.1) is 0 Å². The first-order valence-electron chi connectivity index (χ1n) is 7.23. The molecule has 1 aliphatic heterocycles. The van der Waals surface area contributed by atoms with Gasteiger partial charge in [-0.3, -0.25) is 19.9 Å². The number of ether oxygens (including phenoxy) is 1. The second-order valence-corrected chi connectivity index (χ2v) is 6.40. The van der Waals surface area contributed by atoms with Crippen molar-refractivity contribution in [2.75, 3.05) is 6.54 Å². The van der Waals surface area contributed by atoms with Crippen LogP contribution in [0.4, 0.5) is 0 Å². The maximum Gasteiger partial charge on any atom is 0.323 e. The Morgan fingerprint density at radius 1 is 1.55 bits per heavy atom. The van der Waals surface area contributed by atoms with Gasteiger partial charge in [0, 0.05) is 18.7 Å². The molecule has 1 heterocycles. The largest absolute Gasteiger partial charge is 0.459 e. The van der Waals surface area contributed by atoms with Crippen LogP contribution in [0, 0.1) is 5.92 Å². The van der Waals surface area contributed by atoms with Gasteiger partial charge < -0.3 is 4.74 Å². The molecule has 20 heavy (non-hydrogen) atoms. The summed E-state index contributed by atoms with van der Waals surface area (Å²) in [5, 5.41) is 3.21. The van der Waals surface area contributed by atoms with Crippen LogP contribution in [0.3, 0.4) is 0 Å². The van der Waals surface area contributed by atoms with Gasteiger partial charge in [0.25, 0.3) is 0 Å². The fourth-order valence-electron chi connectivity index (χ4n) is 2.04. The second-order valence-electron chi connectivity index (χ2n) is 6.40. The van der Waals surface area contributed by atoms with Gasteiger partial charge in [-0.25, -0.2) is 0 Å². The van der Waals surface area contributed by atoms with E-state index in [1.165, 1.54) is 0 Å². The number of esters is 1. The highest BCUT2D eigenvalue weighted by atomic mass is 16.6. The third-order valence-corrected chi connectivity index (χ3v) is 3.27. The standard InChI is InChI=1S/C15H26N2O3/c1-6-10(2)13(14(19)20-15(3,4)5)17-11-7-12(18)9-16-8-11/h8,10-11,13,17H,6-7,9H2,1-5H3. The van der Waals surface area contributed by atoms with Crippen LogP contribution >= 0.6 is 0 Å². The topological polar surface area (TPSA) is 67.8 Å². The molecule has 1 N–H and O–H groups in total. The molecule has 3 unspecified atom stereocenters. The molecule has 0 bridgehead atoms. The lowest BCUT2D eigenvalue weighted by Gasteiger charge is -2.30. The van der Waals surface area contributed by atoms with Crippen molar-refractivity contribution < 1.29 is 14.3 Å². The van der Waals surface area contributed by atoms with E-state index in [0.29, 0.717) is 6.42 Å². The Morgan fingerprint density at radius 2 is 2.20 bits per heavy atom. The lowest BCUT2D eigenvalue weighted by Crippen LogP contribution is -2.51. The Balaban J connectivity index is 2.74. The molecule has 5 heteroatoms. The molecule has 5 nitrogen and oxygen atoms in total. The highest BCUT2D eigenvalue weighted by Crippen LogP contribution is 2.16. The van der Waals surface area contributed by atoms with Crippen LogP contribution < -0.4 is 5.32 Å². The van der Waals surface area contributed by atoms with Crippen molar-refractivity contribution in [3.05, 3.63) is 0 Å². The van der Waals surface area contributed by atoms with Gasteiger partial charge in [0.1, 0.15) is 11.6 Å². The summed E-state index contributed by atoms with van der Waals surface area (Å²) in [6.07, 6.45) is 2.97. The van der Waals surface area contributed by atoms with Gasteiger partial charge in [0.2, 0.25) is 0 Å². The Labute approximate surface area is 121 Å². The first kappa shape index (κ1) is 16.8. The summed E-state index contributed by atoms with van der Waals surface area (Å²) in [4.78, 5) is 27.7. The smallest absolute Gasteiger partial charge is 0.323 e. The number of nitrogens with one attached hydrogen (secondary N) is 1. The zero-order valence-corrected chi connectivity index (χ0v) is 13.1. The van der Waals surface area contributed by atoms with E-state index in [1.807, 2.05) is 34.6 Å². The summed E-state index contributed by atoms with van der Waals surface area (Å²) in [6.45, 7) is 9.84. The zero-order valence-electron chi connectivity index (χ0n) is 13.1. The van der Waals surface area contributed by atoms with E-state index in [1.54, 1.807) is 6.21 Å². The number of hydrogen-bond acceptors (Lipinski definition) is 5. The molecule has 0 aromatic heterocycles. The Kier molecular flexibility index (Phi) is 5.87. The molecular weight excluding hydrogens is 256 g/mol. The van der Waals surface area contributed by atoms with Crippen LogP contribution in [0.5, 0.6) is 0 Å². The molecule has 0 radical (unpaired) electrons. The number of rotatable bonds is 5. The van der Waals surface area contributed by atoms with Crippen LogP contribution in [0.1, 0.15) is 47.5 Å². The third kappa shape index (κ3) is 5.41. The molecule has 1 rings (SSSR count). The van der Waals surface area contributed by atoms with Crippen molar-refractivity contribution >= 4 is 18.0 Å². The molecule has 0 aliphatic carbocycles. The SMILES string of the molecule is CCC(C)C(NC1C=NCC(=O)C1)C(=O)OC(C)(C)C. The van der Waals surface area contributed by atoms with Gasteiger partial charge in [-0.2, -0.15) is 0 Å². The van der Waals surface area contributed by atoms with Gasteiger partial charge in [-0.1, -0.05) is 20.3 Å². The van der Waals surface area contributed by atoms with E-state index in [4.69, 9.17) is 4.74 Å². The minimum atomic E-state index is -0.513. The van der Waals surface area contributed by atoms with Crippen molar-refractivity contribution in [2.24, 2.45) is 10.9 Å². The molecule has 0 aromatic rings. The highest BCUT2D eigenvalue weighted by Gasteiger charge is 2.31. The van der Waals surface area contributed by atoms with Gasteiger partial charge in [-0.05, 0) is 26.7 Å². The molecular formula is C15H26N2O3. The number of carbonyl (C=O) groups is 2. The normalized spacial score (nSPS) is 22.4. The van der Waals surface area contributed by atoms with Gasteiger partial charge in [0.05, 0.1) is 6.54 Å². The average Bonchev–Trinajstić information content (AvgIpc) is 2.33. The Morgan fingerprint density at radius 3 is 2.70 bits per heavy atom. The second kappa shape index (κ2) is 6.97. The van der Waals surface area contributed by atoms with Crippen molar-refractivity contribution in [3.63, 3.8) is 0 Å². The summed E-state index contributed by atoms with van der Waals surface area (Å²) in [6, 6.07) is -0.593. The number of aliphatic imine (C=N–C) groups is 1. The van der Waals surface area contributed by atoms with Crippen LogP contribution in [0.2, 0.25) is 0 Å². The monoisotopic (exact) mass is 282 g/mol. The van der Waals surface area contributed by atoms with E-state index in [-0.39, 0.29) is 30.3 Å². The van der Waals surface area contributed by atoms with E-state index in [0.717, 1.165) is 6.42 Å². The van der Waals surface area contributed by atoms with Crippen molar-refractivity contribution in [1.29, 1.82) is 0 Å². The minimum Gasteiger partial charge on any atom is -0.459 e. The number of carbonyl (C=O) groups excluding carboxylic acids is 2. The molecule has 0 fully saturated rings. The molecule has 1 aliphatic rings. The molecule has 3 atom stereocenters. The Hall–Kier alpha value is -1.23. The molecule has 0 saturated heterocycles. The predicted octanol–water partition coefficient (Wildman–Crippen LogP) is 1.74. The van der Waals surface area contributed by atoms with Crippen LogP contribution in [0.25, 0.3) is 0 Å². The molecule has 0 spiro atoms. The first-order chi connectivity index (χ1) is 9.23. The molecule has 114 valence electrons. The van der Waals surface area contributed by atoms with Gasteiger partial charge in [0.15, 0.2) is 5.78 Å². The lowest BCUT2D eigenvalue weighted by atomic mass is 9.97. The van der Waals surface area contributed by atoms with Crippen LogP contribution in [-0.4, -0.2) is 42.2 Å². The summed E-state index contributed by atoms with van der Waals surface area (Å²) >= 11 is 0. The maximum atomic E-state index is 12.3. The Bertz CT molecular complexity index is 385. The summed E-state index contributed by atoms with van der Waals surface area (Å²) in [5.74, 6) is -0.0364. The predicted molar refractivity (Wildman–Crippen MR) is 79.0 cm³/mol. The molecule has 0 saturated carbocycles. The lowest BCUT2D eigenvalue weighted by molar-refractivity contribution is -0.159. The van der Waals surface area contributed by atoms with Crippen LogP contribution in [-0.2, 0) is 14.3 Å². The number of hydrogen-bond donors (Lipinski definition) is 1. The number of nitrogens with zero attached hydrogens (tertiary/aromatic N) is 1. The van der Waals surface area contributed by atoms with Gasteiger partial charge >= 0.3 is 5.97 Å². The summed E-state index contributed by atoms with van der Waals surface area (Å²) in [7, 11) is 0. The van der Waals surface area contributed by atoms with Crippen LogP contribution in [0.15, 0.2) is 4.99 Å². The van der Waals surface area contributed by atoms with E-state index >= 15 is 0 Å². The summed E-state index contributed by atoms with van der Waals surface area (Å²) in [5.41, 5.74) is -0.513. The maximum absolute atomic E-state index is 12.3. The first-order valence-corrected chi connectivity index (χ1v) is 7.23. The third-order valence-electron chi connectivity index (χ3n) is 3.27. The molecule has 0 aromatic carbocycles. The number of ketones is 1. The van der Waals surface area contributed by atoms with E-state index < -0.39 is 11.6 Å². The number of Topliss-reactive ketones (excluding diaryl/α,β-unsaturated/α-hetero) is 1. The van der Waals surface area contributed by atoms with Crippen molar-refractivity contribution in [1.82, 2.24) is 5.32 Å². The van der Waals surface area contributed by atoms with Crippen molar-refractivity contribution in [3.8, 4) is 0 Å². The van der Waals surface area contributed by atoms with E-state index in [9.17, 15) is 9.59 Å². The van der Waals surface area contributed by atoms with Crippen molar-refractivity contribution in [2.45, 2.75) is 65.1 Å². The fraction of sp³-hybridized carbons (Fsp3) is 0.800. The quantitative estimate of drug-likeness (QED) is 0.780. The van der Waals surface area contributed by atoms with E-state index in [2.05, 4.69) is 10.3 Å². The fourth-order valence-corrected chi connectivity index (χ4v) is 2.04. The minimum absolute atomic E-state index is 0.0945. The molecule has 0 amide bonds. The highest BCUT2D eigenvalue weighted by molar-refractivity contribution is 5.89. The summed E-state index contributed by atoms with van der Waals surface area (Å²) < 4.78 is 5.46. The zero-order chi connectivity index (χ0) is 15.3. The average molecular weight is 282 g/mol.